The second-order valence-corrected chi connectivity index (χ2v) is 4.98. The van der Waals surface area contributed by atoms with Gasteiger partial charge in [0.2, 0.25) is 0 Å². The third kappa shape index (κ3) is 2.83. The molecule has 0 radical (unpaired) electrons. The average Bonchev–Trinajstić information content (AvgIpc) is 2.44. The Bertz CT molecular complexity index is 610. The van der Waals surface area contributed by atoms with Gasteiger partial charge < -0.3 is 10.1 Å². The van der Waals surface area contributed by atoms with Gasteiger partial charge in [-0.05, 0) is 44.2 Å². The fourth-order valence-corrected chi connectivity index (χ4v) is 2.47. The number of rotatable bonds is 4. The monoisotopic (exact) mass is 273 g/mol. The van der Waals surface area contributed by atoms with Crippen LogP contribution in [0.1, 0.15) is 28.3 Å². The molecule has 0 saturated carbocycles. The summed E-state index contributed by atoms with van der Waals surface area (Å²) in [5, 5.41) is 3.19. The lowest BCUT2D eigenvalue weighted by Gasteiger charge is -2.19. The van der Waals surface area contributed by atoms with Crippen LogP contribution in [0, 0.1) is 19.7 Å². The van der Waals surface area contributed by atoms with Crippen LogP contribution in [0.4, 0.5) is 4.39 Å². The summed E-state index contributed by atoms with van der Waals surface area (Å²) in [5.74, 6) is 0.650. The molecule has 0 heterocycles. The normalized spacial score (nSPS) is 12.2. The van der Waals surface area contributed by atoms with Crippen LogP contribution in [-0.2, 0) is 0 Å². The molecule has 106 valence electrons. The van der Waals surface area contributed by atoms with Crippen molar-refractivity contribution >= 4 is 0 Å². The highest BCUT2D eigenvalue weighted by molar-refractivity contribution is 5.41. The molecule has 2 nitrogen and oxygen atoms in total. The van der Waals surface area contributed by atoms with Crippen molar-refractivity contribution in [3.8, 4) is 5.75 Å². The number of hydrogen-bond donors (Lipinski definition) is 1. The number of nitrogens with one attached hydrogen (secondary N) is 1. The van der Waals surface area contributed by atoms with Gasteiger partial charge in [-0.15, -0.1) is 0 Å². The van der Waals surface area contributed by atoms with Crippen molar-refractivity contribution in [3.63, 3.8) is 0 Å². The predicted octanol–water partition coefficient (Wildman–Crippen LogP) is 3.76. The lowest BCUT2D eigenvalue weighted by molar-refractivity contribution is 0.411. The number of ether oxygens (including phenoxy) is 1. The van der Waals surface area contributed by atoms with Crippen molar-refractivity contribution in [2.24, 2.45) is 0 Å². The topological polar surface area (TPSA) is 21.3 Å². The van der Waals surface area contributed by atoms with E-state index in [1.165, 1.54) is 6.07 Å². The highest BCUT2D eigenvalue weighted by atomic mass is 19.1. The molecule has 0 bridgehead atoms. The molecule has 1 unspecified atom stereocenters. The lowest BCUT2D eigenvalue weighted by atomic mass is 9.95. The Labute approximate surface area is 119 Å². The fraction of sp³-hybridized carbons (Fsp3) is 0.294. The Balaban J connectivity index is 2.46. The van der Waals surface area contributed by atoms with E-state index in [1.54, 1.807) is 13.2 Å². The van der Waals surface area contributed by atoms with Crippen molar-refractivity contribution in [2.45, 2.75) is 19.9 Å². The number of benzene rings is 2. The summed E-state index contributed by atoms with van der Waals surface area (Å²) in [6, 6.07) is 10.9. The van der Waals surface area contributed by atoms with E-state index in [-0.39, 0.29) is 11.9 Å². The zero-order valence-corrected chi connectivity index (χ0v) is 12.3. The summed E-state index contributed by atoms with van der Waals surface area (Å²) in [6.07, 6.45) is 0. The van der Waals surface area contributed by atoms with Crippen molar-refractivity contribution in [2.75, 3.05) is 14.2 Å². The van der Waals surface area contributed by atoms with Gasteiger partial charge in [-0.3, -0.25) is 0 Å². The molecule has 0 amide bonds. The molecule has 1 atom stereocenters. The number of hydrogen-bond acceptors (Lipinski definition) is 2. The van der Waals surface area contributed by atoms with E-state index in [2.05, 4.69) is 5.32 Å². The summed E-state index contributed by atoms with van der Waals surface area (Å²) < 4.78 is 19.3. The Hall–Kier alpha value is -1.87. The van der Waals surface area contributed by atoms with E-state index in [1.807, 2.05) is 45.2 Å². The molecule has 2 aromatic carbocycles. The van der Waals surface area contributed by atoms with Gasteiger partial charge in [0.1, 0.15) is 11.6 Å². The highest BCUT2D eigenvalue weighted by Crippen LogP contribution is 2.28. The van der Waals surface area contributed by atoms with Gasteiger partial charge in [0.15, 0.2) is 0 Å². The van der Waals surface area contributed by atoms with Crippen LogP contribution >= 0.6 is 0 Å². The minimum Gasteiger partial charge on any atom is -0.496 e. The van der Waals surface area contributed by atoms with E-state index in [0.29, 0.717) is 5.56 Å². The molecule has 20 heavy (non-hydrogen) atoms. The van der Waals surface area contributed by atoms with Gasteiger partial charge in [0, 0.05) is 5.56 Å². The summed E-state index contributed by atoms with van der Waals surface area (Å²) in [5.41, 5.74) is 3.78. The molecule has 0 spiro atoms. The Kier molecular flexibility index (Phi) is 4.40. The van der Waals surface area contributed by atoms with Crippen molar-refractivity contribution in [3.05, 3.63) is 64.5 Å². The zero-order valence-electron chi connectivity index (χ0n) is 12.3. The molecule has 3 heteroatoms. The SMILES string of the molecule is CNC(c1ccc(OC)c(C)c1)c1cc(C)ccc1F. The second-order valence-electron chi connectivity index (χ2n) is 4.98. The van der Waals surface area contributed by atoms with Crippen molar-refractivity contribution < 1.29 is 9.13 Å². The quantitative estimate of drug-likeness (QED) is 0.915. The third-order valence-electron chi connectivity index (χ3n) is 3.50. The first kappa shape index (κ1) is 14.5. The van der Waals surface area contributed by atoms with E-state index >= 15 is 0 Å². The molecule has 0 aliphatic rings. The van der Waals surface area contributed by atoms with E-state index < -0.39 is 0 Å². The van der Waals surface area contributed by atoms with Crippen LogP contribution in [0.15, 0.2) is 36.4 Å². The van der Waals surface area contributed by atoms with Crippen LogP contribution < -0.4 is 10.1 Å². The summed E-state index contributed by atoms with van der Waals surface area (Å²) in [7, 11) is 3.49. The summed E-state index contributed by atoms with van der Waals surface area (Å²) in [4.78, 5) is 0. The van der Waals surface area contributed by atoms with E-state index in [0.717, 1.165) is 22.4 Å². The van der Waals surface area contributed by atoms with Gasteiger partial charge in [-0.25, -0.2) is 4.39 Å². The van der Waals surface area contributed by atoms with Crippen LogP contribution in [0.3, 0.4) is 0 Å². The second kappa shape index (κ2) is 6.06. The standard InChI is InChI=1S/C17H20FNO/c1-11-5-7-15(18)14(9-11)17(19-3)13-6-8-16(20-4)12(2)10-13/h5-10,17,19H,1-4H3. The first-order valence-corrected chi connectivity index (χ1v) is 6.64. The molecule has 0 aromatic heterocycles. The smallest absolute Gasteiger partial charge is 0.128 e. The fourth-order valence-electron chi connectivity index (χ4n) is 2.47. The largest absolute Gasteiger partial charge is 0.496 e. The van der Waals surface area contributed by atoms with Gasteiger partial charge in [-0.2, -0.15) is 0 Å². The molecule has 2 aromatic rings. The molecular weight excluding hydrogens is 253 g/mol. The predicted molar refractivity (Wildman–Crippen MR) is 79.8 cm³/mol. The van der Waals surface area contributed by atoms with Gasteiger partial charge in [0.25, 0.3) is 0 Å². The zero-order chi connectivity index (χ0) is 14.7. The van der Waals surface area contributed by atoms with E-state index in [9.17, 15) is 4.39 Å². The maximum absolute atomic E-state index is 14.1. The highest BCUT2D eigenvalue weighted by Gasteiger charge is 2.17. The van der Waals surface area contributed by atoms with Crippen LogP contribution in [0.25, 0.3) is 0 Å². The molecule has 0 saturated heterocycles. The maximum atomic E-state index is 14.1. The van der Waals surface area contributed by atoms with Gasteiger partial charge in [-0.1, -0.05) is 29.8 Å². The minimum absolute atomic E-state index is 0.167. The first-order valence-electron chi connectivity index (χ1n) is 6.64. The van der Waals surface area contributed by atoms with Crippen LogP contribution in [-0.4, -0.2) is 14.2 Å². The molecule has 0 aliphatic carbocycles. The Morgan fingerprint density at radius 1 is 1.10 bits per heavy atom. The van der Waals surface area contributed by atoms with Gasteiger partial charge >= 0.3 is 0 Å². The van der Waals surface area contributed by atoms with Crippen molar-refractivity contribution in [1.82, 2.24) is 5.32 Å². The third-order valence-corrected chi connectivity index (χ3v) is 3.50. The number of halogens is 1. The molecule has 1 N–H and O–H groups in total. The maximum Gasteiger partial charge on any atom is 0.128 e. The van der Waals surface area contributed by atoms with Gasteiger partial charge in [0.05, 0.1) is 13.2 Å². The number of aryl methyl sites for hydroxylation is 2. The summed E-state index contributed by atoms with van der Waals surface area (Å²) in [6.45, 7) is 3.95. The summed E-state index contributed by atoms with van der Waals surface area (Å²) >= 11 is 0. The first-order chi connectivity index (χ1) is 9.56. The van der Waals surface area contributed by atoms with Crippen LogP contribution in [0.5, 0.6) is 5.75 Å². The van der Waals surface area contributed by atoms with E-state index in [4.69, 9.17) is 4.74 Å². The molecule has 0 fully saturated rings. The lowest BCUT2D eigenvalue weighted by Crippen LogP contribution is -2.19. The average molecular weight is 273 g/mol. The minimum atomic E-state index is -0.191. The number of methoxy groups -OCH3 is 1. The molecule has 2 rings (SSSR count). The van der Waals surface area contributed by atoms with Crippen LogP contribution in [0.2, 0.25) is 0 Å². The Morgan fingerprint density at radius 2 is 1.85 bits per heavy atom. The molecular formula is C17H20FNO. The van der Waals surface area contributed by atoms with Crippen molar-refractivity contribution in [1.29, 1.82) is 0 Å². The Morgan fingerprint density at radius 3 is 2.45 bits per heavy atom. The molecule has 0 aliphatic heterocycles.